The Labute approximate surface area is 79.3 Å². The summed E-state index contributed by atoms with van der Waals surface area (Å²) in [5, 5.41) is 3.25. The summed E-state index contributed by atoms with van der Waals surface area (Å²) in [6.07, 6.45) is 2.03. The van der Waals surface area contributed by atoms with Crippen LogP contribution < -0.4 is 5.32 Å². The van der Waals surface area contributed by atoms with Gasteiger partial charge in [0.05, 0.1) is 13.0 Å². The third kappa shape index (κ3) is 2.99. The molecule has 0 aromatic rings. The van der Waals surface area contributed by atoms with E-state index in [0.29, 0.717) is 6.04 Å². The Morgan fingerprint density at radius 3 is 2.58 bits per heavy atom. The molecule has 1 aliphatic heterocycles. The second kappa shape index (κ2) is 5.38. The van der Waals surface area contributed by atoms with Gasteiger partial charge in [0.15, 0.2) is 0 Å². The quantitative estimate of drug-likeness (QED) is 0.631. The first-order valence-corrected chi connectivity index (χ1v) is 4.05. The zero-order chi connectivity index (χ0) is 8.27. The first-order valence-electron chi connectivity index (χ1n) is 4.05. The lowest BCUT2D eigenvalue weighted by Gasteiger charge is -2.25. The molecule has 1 aliphatic rings. The topological polar surface area (TPSA) is 38.3 Å². The largest absolute Gasteiger partial charge is 0.469 e. The summed E-state index contributed by atoms with van der Waals surface area (Å²) in [6, 6.07) is 0.552. The van der Waals surface area contributed by atoms with Crippen molar-refractivity contribution in [1.29, 1.82) is 0 Å². The molecule has 1 fully saturated rings. The van der Waals surface area contributed by atoms with Crippen LogP contribution in [0.25, 0.3) is 0 Å². The summed E-state index contributed by atoms with van der Waals surface area (Å²) in [5.74, 6) is 0.000556. The van der Waals surface area contributed by atoms with Crippen molar-refractivity contribution in [3.05, 3.63) is 0 Å². The zero-order valence-corrected chi connectivity index (χ0v) is 8.32. The monoisotopic (exact) mass is 193 g/mol. The molecule has 0 spiro atoms. The minimum Gasteiger partial charge on any atom is -0.469 e. The second-order valence-corrected chi connectivity index (χ2v) is 3.11. The maximum absolute atomic E-state index is 11.0. The first kappa shape index (κ1) is 11.7. The van der Waals surface area contributed by atoms with Crippen molar-refractivity contribution in [2.45, 2.75) is 25.8 Å². The zero-order valence-electron chi connectivity index (χ0n) is 7.50. The van der Waals surface area contributed by atoms with E-state index in [4.69, 9.17) is 0 Å². The number of carbonyl (C=O) groups excluding carboxylic acids is 1. The van der Waals surface area contributed by atoms with Gasteiger partial charge in [0.2, 0.25) is 0 Å². The summed E-state index contributed by atoms with van der Waals surface area (Å²) in [5.41, 5.74) is 0. The lowest BCUT2D eigenvalue weighted by molar-refractivity contribution is -0.146. The molecule has 4 heteroatoms. The molecule has 1 saturated heterocycles. The SMILES string of the molecule is COC(=O)[C@H]1CC[C@H](C)NC1.Cl. The lowest BCUT2D eigenvalue weighted by atomic mass is 9.96. The average molecular weight is 194 g/mol. The van der Waals surface area contributed by atoms with Gasteiger partial charge in [0, 0.05) is 12.6 Å². The highest BCUT2D eigenvalue weighted by molar-refractivity contribution is 5.85. The van der Waals surface area contributed by atoms with Crippen LogP contribution in [0.3, 0.4) is 0 Å². The average Bonchev–Trinajstić information content (AvgIpc) is 2.05. The minimum absolute atomic E-state index is 0. The third-order valence-corrected chi connectivity index (χ3v) is 2.20. The molecule has 0 radical (unpaired) electrons. The van der Waals surface area contributed by atoms with Gasteiger partial charge in [-0.25, -0.2) is 0 Å². The maximum atomic E-state index is 11.0. The van der Waals surface area contributed by atoms with Crippen LogP contribution in [0.1, 0.15) is 19.8 Å². The number of halogens is 1. The number of hydrogen-bond acceptors (Lipinski definition) is 3. The number of ether oxygens (including phenoxy) is 1. The Bertz CT molecular complexity index is 144. The van der Waals surface area contributed by atoms with Gasteiger partial charge in [0.1, 0.15) is 0 Å². The van der Waals surface area contributed by atoms with Crippen LogP contribution in [0.15, 0.2) is 0 Å². The third-order valence-electron chi connectivity index (χ3n) is 2.20. The van der Waals surface area contributed by atoms with Gasteiger partial charge in [-0.3, -0.25) is 4.79 Å². The Kier molecular flexibility index (Phi) is 5.25. The Morgan fingerprint density at radius 2 is 2.17 bits per heavy atom. The Balaban J connectivity index is 0.00000121. The number of carbonyl (C=O) groups is 1. The van der Waals surface area contributed by atoms with Crippen LogP contribution in [0.5, 0.6) is 0 Å². The molecule has 0 bridgehead atoms. The molecule has 0 amide bonds. The molecular formula is C8H16ClNO2. The fraction of sp³-hybridized carbons (Fsp3) is 0.875. The molecule has 1 heterocycles. The van der Waals surface area contributed by atoms with Gasteiger partial charge in [-0.2, -0.15) is 0 Å². The maximum Gasteiger partial charge on any atom is 0.309 e. The van der Waals surface area contributed by atoms with E-state index in [0.717, 1.165) is 19.4 Å². The van der Waals surface area contributed by atoms with E-state index in [1.54, 1.807) is 0 Å². The van der Waals surface area contributed by atoms with Gasteiger partial charge in [-0.05, 0) is 19.8 Å². The van der Waals surface area contributed by atoms with E-state index < -0.39 is 0 Å². The smallest absolute Gasteiger partial charge is 0.309 e. The number of rotatable bonds is 1. The summed E-state index contributed by atoms with van der Waals surface area (Å²) in [4.78, 5) is 11.0. The van der Waals surface area contributed by atoms with Crippen molar-refractivity contribution < 1.29 is 9.53 Å². The van der Waals surface area contributed by atoms with Crippen molar-refractivity contribution in [2.75, 3.05) is 13.7 Å². The highest BCUT2D eigenvalue weighted by Crippen LogP contribution is 2.14. The highest BCUT2D eigenvalue weighted by atomic mass is 35.5. The lowest BCUT2D eigenvalue weighted by Crippen LogP contribution is -2.40. The van der Waals surface area contributed by atoms with Gasteiger partial charge < -0.3 is 10.1 Å². The van der Waals surface area contributed by atoms with Crippen LogP contribution in [-0.2, 0) is 9.53 Å². The Morgan fingerprint density at radius 1 is 1.50 bits per heavy atom. The van der Waals surface area contributed by atoms with E-state index in [9.17, 15) is 4.79 Å². The fourth-order valence-electron chi connectivity index (χ4n) is 1.37. The number of esters is 1. The molecule has 72 valence electrons. The summed E-state index contributed by atoms with van der Waals surface area (Å²) in [7, 11) is 1.44. The standard InChI is InChI=1S/C8H15NO2.ClH/c1-6-3-4-7(5-9-6)8(10)11-2;/h6-7,9H,3-5H2,1-2H3;1H/t6-,7-;/m0./s1. The van der Waals surface area contributed by atoms with Crippen LogP contribution in [0, 0.1) is 5.92 Å². The number of hydrogen-bond donors (Lipinski definition) is 1. The molecule has 1 N–H and O–H groups in total. The van der Waals surface area contributed by atoms with Gasteiger partial charge in [0.25, 0.3) is 0 Å². The summed E-state index contributed by atoms with van der Waals surface area (Å²) < 4.78 is 4.65. The van der Waals surface area contributed by atoms with Gasteiger partial charge in [-0.1, -0.05) is 0 Å². The van der Waals surface area contributed by atoms with Crippen LogP contribution in [-0.4, -0.2) is 25.7 Å². The second-order valence-electron chi connectivity index (χ2n) is 3.11. The minimum atomic E-state index is -0.0793. The van der Waals surface area contributed by atoms with Crippen molar-refractivity contribution in [3.63, 3.8) is 0 Å². The molecule has 1 rings (SSSR count). The van der Waals surface area contributed by atoms with Crippen molar-refractivity contribution in [2.24, 2.45) is 5.92 Å². The molecule has 0 saturated carbocycles. The van der Waals surface area contributed by atoms with Crippen molar-refractivity contribution in [3.8, 4) is 0 Å². The molecule has 2 atom stereocenters. The van der Waals surface area contributed by atoms with Crippen LogP contribution >= 0.6 is 12.4 Å². The molecule has 0 aliphatic carbocycles. The van der Waals surface area contributed by atoms with Gasteiger partial charge in [-0.15, -0.1) is 12.4 Å². The molecule has 0 unspecified atom stereocenters. The van der Waals surface area contributed by atoms with E-state index >= 15 is 0 Å². The summed E-state index contributed by atoms with van der Waals surface area (Å²) in [6.45, 7) is 2.90. The molecule has 0 aromatic carbocycles. The number of nitrogens with one attached hydrogen (secondary N) is 1. The normalized spacial score (nSPS) is 28.8. The Hall–Kier alpha value is -0.280. The summed E-state index contributed by atoms with van der Waals surface area (Å²) >= 11 is 0. The van der Waals surface area contributed by atoms with Crippen molar-refractivity contribution >= 4 is 18.4 Å². The molecular weight excluding hydrogens is 178 g/mol. The first-order chi connectivity index (χ1) is 5.24. The predicted octanol–water partition coefficient (Wildman–Crippen LogP) is 0.969. The van der Waals surface area contributed by atoms with E-state index in [-0.39, 0.29) is 24.3 Å². The fourth-order valence-corrected chi connectivity index (χ4v) is 1.37. The number of methoxy groups -OCH3 is 1. The van der Waals surface area contributed by atoms with Crippen LogP contribution in [0.2, 0.25) is 0 Å². The number of piperidine rings is 1. The molecule has 3 nitrogen and oxygen atoms in total. The highest BCUT2D eigenvalue weighted by Gasteiger charge is 2.23. The van der Waals surface area contributed by atoms with E-state index in [1.807, 2.05) is 0 Å². The van der Waals surface area contributed by atoms with E-state index in [1.165, 1.54) is 7.11 Å². The van der Waals surface area contributed by atoms with Crippen molar-refractivity contribution in [1.82, 2.24) is 5.32 Å². The molecule has 0 aromatic heterocycles. The predicted molar refractivity (Wildman–Crippen MR) is 49.5 cm³/mol. The van der Waals surface area contributed by atoms with E-state index in [2.05, 4.69) is 17.0 Å². The van der Waals surface area contributed by atoms with Gasteiger partial charge >= 0.3 is 5.97 Å². The molecule has 12 heavy (non-hydrogen) atoms. The van der Waals surface area contributed by atoms with Crippen LogP contribution in [0.4, 0.5) is 0 Å².